The molecular weight excluding hydrogens is 250 g/mol. The molecule has 0 fully saturated rings. The van der Waals surface area contributed by atoms with Gasteiger partial charge in [0.1, 0.15) is 0 Å². The molecule has 2 N–H and O–H groups in total. The second-order valence-corrected chi connectivity index (χ2v) is 5.02. The summed E-state index contributed by atoms with van der Waals surface area (Å²) in [5.74, 6) is -0.873. The molecule has 1 unspecified atom stereocenters. The van der Waals surface area contributed by atoms with Gasteiger partial charge < -0.3 is 10.4 Å². The molecular formula is C17H19NO2. The van der Waals surface area contributed by atoms with Gasteiger partial charge in [0.25, 0.3) is 0 Å². The van der Waals surface area contributed by atoms with E-state index in [4.69, 9.17) is 0 Å². The van der Waals surface area contributed by atoms with Crippen LogP contribution in [-0.4, -0.2) is 11.1 Å². The van der Waals surface area contributed by atoms with Gasteiger partial charge in [0.2, 0.25) is 0 Å². The molecule has 0 aliphatic rings. The van der Waals surface area contributed by atoms with Crippen molar-refractivity contribution >= 4 is 11.7 Å². The average molecular weight is 269 g/mol. The number of carboxylic acid groups (broad SMARTS) is 1. The molecule has 0 saturated carbocycles. The van der Waals surface area contributed by atoms with Crippen molar-refractivity contribution < 1.29 is 9.90 Å². The van der Waals surface area contributed by atoms with Crippen molar-refractivity contribution in [3.8, 4) is 0 Å². The number of benzene rings is 2. The monoisotopic (exact) mass is 269 g/mol. The van der Waals surface area contributed by atoms with Crippen LogP contribution in [0.2, 0.25) is 0 Å². The molecule has 0 bridgehead atoms. The van der Waals surface area contributed by atoms with Gasteiger partial charge in [0.15, 0.2) is 6.04 Å². The average Bonchev–Trinajstić information content (AvgIpc) is 2.41. The van der Waals surface area contributed by atoms with Crippen LogP contribution in [0.1, 0.15) is 28.3 Å². The zero-order valence-corrected chi connectivity index (χ0v) is 12.0. The molecule has 0 heterocycles. The number of hydrogen-bond donors (Lipinski definition) is 2. The Hall–Kier alpha value is -2.29. The molecule has 0 aromatic heterocycles. The van der Waals surface area contributed by atoms with Gasteiger partial charge in [0, 0.05) is 5.69 Å². The van der Waals surface area contributed by atoms with Crippen LogP contribution in [0.25, 0.3) is 0 Å². The fourth-order valence-electron chi connectivity index (χ4n) is 2.25. The van der Waals surface area contributed by atoms with Gasteiger partial charge in [-0.05, 0) is 49.1 Å². The SMILES string of the molecule is Cc1ccccc1NC(C(=O)O)c1cccc(C)c1C. The van der Waals surface area contributed by atoms with Gasteiger partial charge in [-0.1, -0.05) is 36.4 Å². The smallest absolute Gasteiger partial charge is 0.330 e. The Bertz CT molecular complexity index is 635. The second kappa shape index (κ2) is 5.78. The summed E-state index contributed by atoms with van der Waals surface area (Å²) in [5.41, 5.74) is 4.80. The van der Waals surface area contributed by atoms with E-state index in [1.807, 2.05) is 63.2 Å². The third-order valence-corrected chi connectivity index (χ3v) is 3.65. The van der Waals surface area contributed by atoms with E-state index >= 15 is 0 Å². The van der Waals surface area contributed by atoms with Crippen molar-refractivity contribution in [2.75, 3.05) is 5.32 Å². The van der Waals surface area contributed by atoms with Crippen molar-refractivity contribution in [1.29, 1.82) is 0 Å². The van der Waals surface area contributed by atoms with E-state index in [1.54, 1.807) is 0 Å². The minimum atomic E-state index is -0.873. The second-order valence-electron chi connectivity index (χ2n) is 5.02. The third kappa shape index (κ3) is 2.82. The Morgan fingerprint density at radius 2 is 1.65 bits per heavy atom. The van der Waals surface area contributed by atoms with Crippen molar-refractivity contribution in [1.82, 2.24) is 0 Å². The number of anilines is 1. The maximum absolute atomic E-state index is 11.6. The number of hydrogen-bond acceptors (Lipinski definition) is 2. The lowest BCUT2D eigenvalue weighted by atomic mass is 9.97. The Kier molecular flexibility index (Phi) is 4.08. The first-order valence-electron chi connectivity index (χ1n) is 6.62. The highest BCUT2D eigenvalue weighted by atomic mass is 16.4. The van der Waals surface area contributed by atoms with Crippen molar-refractivity contribution in [3.63, 3.8) is 0 Å². The number of carboxylic acids is 1. The minimum absolute atomic E-state index is 0.740. The molecule has 3 nitrogen and oxygen atoms in total. The molecule has 2 aromatic rings. The molecule has 0 aliphatic carbocycles. The van der Waals surface area contributed by atoms with Crippen LogP contribution in [0.15, 0.2) is 42.5 Å². The molecule has 0 saturated heterocycles. The largest absolute Gasteiger partial charge is 0.479 e. The highest BCUT2D eigenvalue weighted by Gasteiger charge is 2.22. The lowest BCUT2D eigenvalue weighted by molar-refractivity contribution is -0.138. The van der Waals surface area contributed by atoms with Crippen molar-refractivity contribution in [2.24, 2.45) is 0 Å². The van der Waals surface area contributed by atoms with Crippen LogP contribution in [-0.2, 0) is 4.79 Å². The molecule has 0 radical (unpaired) electrons. The van der Waals surface area contributed by atoms with Crippen LogP contribution in [0.5, 0.6) is 0 Å². The Balaban J connectivity index is 2.40. The van der Waals surface area contributed by atoms with Crippen molar-refractivity contribution in [2.45, 2.75) is 26.8 Å². The van der Waals surface area contributed by atoms with E-state index in [0.29, 0.717) is 0 Å². The fourth-order valence-corrected chi connectivity index (χ4v) is 2.25. The summed E-state index contributed by atoms with van der Waals surface area (Å²) in [6, 6.07) is 12.7. The minimum Gasteiger partial charge on any atom is -0.479 e. The number of para-hydroxylation sites is 1. The maximum atomic E-state index is 11.6. The lowest BCUT2D eigenvalue weighted by Crippen LogP contribution is -2.22. The lowest BCUT2D eigenvalue weighted by Gasteiger charge is -2.20. The van der Waals surface area contributed by atoms with Crippen molar-refractivity contribution in [3.05, 3.63) is 64.7 Å². The summed E-state index contributed by atoms with van der Waals surface area (Å²) in [7, 11) is 0. The number of aryl methyl sites for hydroxylation is 2. The predicted molar refractivity (Wildman–Crippen MR) is 81.1 cm³/mol. The summed E-state index contributed by atoms with van der Waals surface area (Å²) in [5, 5.41) is 12.7. The first-order valence-corrected chi connectivity index (χ1v) is 6.62. The highest BCUT2D eigenvalue weighted by molar-refractivity contribution is 5.80. The quantitative estimate of drug-likeness (QED) is 0.886. The first-order chi connectivity index (χ1) is 9.50. The van der Waals surface area contributed by atoms with E-state index in [-0.39, 0.29) is 0 Å². The molecule has 20 heavy (non-hydrogen) atoms. The van der Waals surface area contributed by atoms with Gasteiger partial charge in [0.05, 0.1) is 0 Å². The zero-order valence-electron chi connectivity index (χ0n) is 12.0. The molecule has 0 aliphatic heterocycles. The van der Waals surface area contributed by atoms with E-state index in [9.17, 15) is 9.90 Å². The normalized spacial score (nSPS) is 11.9. The Labute approximate surface area is 119 Å². The number of rotatable bonds is 4. The molecule has 2 rings (SSSR count). The molecule has 0 spiro atoms. The van der Waals surface area contributed by atoms with Crippen LogP contribution in [0, 0.1) is 20.8 Å². The summed E-state index contributed by atoms with van der Waals surface area (Å²) in [6.07, 6.45) is 0. The van der Waals surface area contributed by atoms with Crippen LogP contribution < -0.4 is 5.32 Å². The van der Waals surface area contributed by atoms with E-state index in [1.165, 1.54) is 0 Å². The molecule has 1 atom stereocenters. The molecule has 3 heteroatoms. The van der Waals surface area contributed by atoms with Gasteiger partial charge in [-0.25, -0.2) is 4.79 Å². The topological polar surface area (TPSA) is 49.3 Å². The molecule has 2 aromatic carbocycles. The number of nitrogens with one attached hydrogen (secondary N) is 1. The fraction of sp³-hybridized carbons (Fsp3) is 0.235. The molecule has 0 amide bonds. The van der Waals surface area contributed by atoms with E-state index in [2.05, 4.69) is 5.32 Å². The van der Waals surface area contributed by atoms with E-state index in [0.717, 1.165) is 27.9 Å². The van der Waals surface area contributed by atoms with Gasteiger partial charge in [-0.15, -0.1) is 0 Å². The zero-order chi connectivity index (χ0) is 14.7. The molecule has 104 valence electrons. The number of aliphatic carboxylic acids is 1. The third-order valence-electron chi connectivity index (χ3n) is 3.65. The van der Waals surface area contributed by atoms with Crippen LogP contribution in [0.4, 0.5) is 5.69 Å². The van der Waals surface area contributed by atoms with Gasteiger partial charge >= 0.3 is 5.97 Å². The Morgan fingerprint density at radius 3 is 2.30 bits per heavy atom. The van der Waals surface area contributed by atoms with Gasteiger partial charge in [-0.3, -0.25) is 0 Å². The van der Waals surface area contributed by atoms with Gasteiger partial charge in [-0.2, -0.15) is 0 Å². The summed E-state index contributed by atoms with van der Waals surface area (Å²) >= 11 is 0. The summed E-state index contributed by atoms with van der Waals surface area (Å²) in [4.78, 5) is 11.6. The summed E-state index contributed by atoms with van der Waals surface area (Å²) in [6.45, 7) is 5.91. The predicted octanol–water partition coefficient (Wildman–Crippen LogP) is 3.85. The van der Waals surface area contributed by atoms with Crippen LogP contribution >= 0.6 is 0 Å². The number of carbonyl (C=O) groups is 1. The Morgan fingerprint density at radius 1 is 1.00 bits per heavy atom. The maximum Gasteiger partial charge on any atom is 0.330 e. The first kappa shape index (κ1) is 14.1. The standard InChI is InChI=1S/C17H19NO2/c1-11-8-6-9-14(13(11)3)16(17(19)20)18-15-10-5-4-7-12(15)2/h4-10,16,18H,1-3H3,(H,19,20). The van der Waals surface area contributed by atoms with E-state index < -0.39 is 12.0 Å². The summed E-state index contributed by atoms with van der Waals surface area (Å²) < 4.78 is 0. The van der Waals surface area contributed by atoms with Crippen LogP contribution in [0.3, 0.4) is 0 Å². The highest BCUT2D eigenvalue weighted by Crippen LogP contribution is 2.26.